The molecular weight excluding hydrogens is 262 g/mol. The first kappa shape index (κ1) is 17.4. The van der Waals surface area contributed by atoms with Gasteiger partial charge >= 0.3 is 0 Å². The molecule has 3 nitrogen and oxygen atoms in total. The quantitative estimate of drug-likeness (QED) is 0.523. The molecule has 0 aliphatic rings. The third-order valence-corrected chi connectivity index (χ3v) is 3.63. The van der Waals surface area contributed by atoms with E-state index in [2.05, 4.69) is 18.8 Å². The Kier molecular flexibility index (Phi) is 8.44. The minimum Gasteiger partial charge on any atom is -0.379 e. The van der Waals surface area contributed by atoms with Gasteiger partial charge in [-0.05, 0) is 18.6 Å². The summed E-state index contributed by atoms with van der Waals surface area (Å²) in [5, 5.41) is 2.99. The SMILES string of the molecule is C=C[C@@H](NC(=O)c1ccccc1)[C@H](CCCCCC)OC. The van der Waals surface area contributed by atoms with Crippen molar-refractivity contribution in [1.29, 1.82) is 0 Å². The van der Waals surface area contributed by atoms with Crippen molar-refractivity contribution in [3.8, 4) is 0 Å². The highest BCUT2D eigenvalue weighted by atomic mass is 16.5. The number of amides is 1. The molecular formula is C18H27NO2. The van der Waals surface area contributed by atoms with Gasteiger partial charge in [0.05, 0.1) is 12.1 Å². The lowest BCUT2D eigenvalue weighted by molar-refractivity contribution is 0.0647. The Morgan fingerprint density at radius 3 is 2.57 bits per heavy atom. The molecule has 0 aliphatic carbocycles. The van der Waals surface area contributed by atoms with Gasteiger partial charge in [0.15, 0.2) is 0 Å². The van der Waals surface area contributed by atoms with Gasteiger partial charge in [-0.15, -0.1) is 6.58 Å². The molecule has 0 fully saturated rings. The van der Waals surface area contributed by atoms with Crippen molar-refractivity contribution in [2.75, 3.05) is 7.11 Å². The molecule has 0 aromatic heterocycles. The Morgan fingerprint density at radius 1 is 1.29 bits per heavy atom. The van der Waals surface area contributed by atoms with Crippen molar-refractivity contribution < 1.29 is 9.53 Å². The first-order chi connectivity index (χ1) is 10.2. The second-order valence-electron chi connectivity index (χ2n) is 5.22. The van der Waals surface area contributed by atoms with Gasteiger partial charge in [0, 0.05) is 12.7 Å². The van der Waals surface area contributed by atoms with Gasteiger partial charge in [-0.1, -0.05) is 56.9 Å². The Hall–Kier alpha value is -1.61. The van der Waals surface area contributed by atoms with Crippen molar-refractivity contribution in [3.63, 3.8) is 0 Å². The normalized spacial score (nSPS) is 13.4. The molecule has 0 radical (unpaired) electrons. The molecule has 2 atom stereocenters. The summed E-state index contributed by atoms with van der Waals surface area (Å²) in [4.78, 5) is 12.2. The fourth-order valence-electron chi connectivity index (χ4n) is 2.34. The summed E-state index contributed by atoms with van der Waals surface area (Å²) < 4.78 is 5.53. The van der Waals surface area contributed by atoms with Gasteiger partial charge in [0.1, 0.15) is 0 Å². The molecule has 0 heterocycles. The van der Waals surface area contributed by atoms with Crippen LogP contribution in [-0.4, -0.2) is 25.2 Å². The highest BCUT2D eigenvalue weighted by molar-refractivity contribution is 5.94. The van der Waals surface area contributed by atoms with E-state index in [1.807, 2.05) is 18.2 Å². The van der Waals surface area contributed by atoms with Crippen LogP contribution in [-0.2, 0) is 4.74 Å². The molecule has 21 heavy (non-hydrogen) atoms. The molecule has 0 saturated heterocycles. The number of carbonyl (C=O) groups excluding carboxylic acids is 1. The van der Waals surface area contributed by atoms with Gasteiger partial charge in [0.25, 0.3) is 5.91 Å². The molecule has 1 aromatic rings. The highest BCUT2D eigenvalue weighted by Gasteiger charge is 2.20. The van der Waals surface area contributed by atoms with Crippen LogP contribution in [0.25, 0.3) is 0 Å². The zero-order valence-corrected chi connectivity index (χ0v) is 13.2. The maximum atomic E-state index is 12.2. The third kappa shape index (κ3) is 6.13. The van der Waals surface area contributed by atoms with Crippen LogP contribution in [0.4, 0.5) is 0 Å². The van der Waals surface area contributed by atoms with Crippen LogP contribution in [0.1, 0.15) is 49.4 Å². The van der Waals surface area contributed by atoms with Gasteiger partial charge < -0.3 is 10.1 Å². The standard InChI is InChI=1S/C18H27NO2/c1-4-6-7-11-14-17(21-3)16(5-2)19-18(20)15-12-9-8-10-13-15/h5,8-10,12-13,16-17H,2,4,6-7,11,14H2,1,3H3,(H,19,20)/t16-,17+/m1/s1. The Balaban J connectivity index is 2.55. The van der Waals surface area contributed by atoms with Crippen LogP contribution < -0.4 is 5.32 Å². The van der Waals surface area contributed by atoms with E-state index in [-0.39, 0.29) is 18.1 Å². The zero-order valence-electron chi connectivity index (χ0n) is 13.2. The number of methoxy groups -OCH3 is 1. The maximum Gasteiger partial charge on any atom is 0.251 e. The average molecular weight is 289 g/mol. The molecule has 1 amide bonds. The smallest absolute Gasteiger partial charge is 0.251 e. The van der Waals surface area contributed by atoms with Crippen LogP contribution in [0.15, 0.2) is 43.0 Å². The van der Waals surface area contributed by atoms with Gasteiger partial charge in [0.2, 0.25) is 0 Å². The minimum atomic E-state index is -0.163. The summed E-state index contributed by atoms with van der Waals surface area (Å²) in [6.07, 6.45) is 7.44. The van der Waals surface area contributed by atoms with Crippen molar-refractivity contribution in [2.24, 2.45) is 0 Å². The predicted octanol–water partition coefficient (Wildman–Crippen LogP) is 3.96. The second-order valence-corrected chi connectivity index (χ2v) is 5.22. The summed E-state index contributed by atoms with van der Waals surface area (Å²) >= 11 is 0. The molecule has 0 unspecified atom stereocenters. The molecule has 0 spiro atoms. The summed E-state index contributed by atoms with van der Waals surface area (Å²) in [7, 11) is 1.69. The van der Waals surface area contributed by atoms with Crippen LogP contribution in [0, 0.1) is 0 Å². The molecule has 1 aromatic carbocycles. The molecule has 1 rings (SSSR count). The van der Waals surface area contributed by atoms with Crippen LogP contribution in [0.2, 0.25) is 0 Å². The Labute approximate surface area is 128 Å². The van der Waals surface area contributed by atoms with Crippen molar-refractivity contribution in [2.45, 2.75) is 51.2 Å². The monoisotopic (exact) mass is 289 g/mol. The fraction of sp³-hybridized carbons (Fsp3) is 0.500. The van der Waals surface area contributed by atoms with Gasteiger partial charge in [-0.2, -0.15) is 0 Å². The third-order valence-electron chi connectivity index (χ3n) is 3.63. The van der Waals surface area contributed by atoms with E-state index in [1.165, 1.54) is 19.3 Å². The van der Waals surface area contributed by atoms with E-state index in [0.29, 0.717) is 5.56 Å². The molecule has 0 saturated carbocycles. The van der Waals surface area contributed by atoms with Crippen molar-refractivity contribution >= 4 is 5.91 Å². The van der Waals surface area contributed by atoms with Crippen LogP contribution in [0.3, 0.4) is 0 Å². The first-order valence-electron chi connectivity index (χ1n) is 7.74. The number of unbranched alkanes of at least 4 members (excludes halogenated alkanes) is 3. The number of benzene rings is 1. The maximum absolute atomic E-state index is 12.2. The number of hydrogen-bond acceptors (Lipinski definition) is 2. The number of nitrogens with one attached hydrogen (secondary N) is 1. The van der Waals surface area contributed by atoms with E-state index < -0.39 is 0 Å². The topological polar surface area (TPSA) is 38.3 Å². The van der Waals surface area contributed by atoms with E-state index in [1.54, 1.807) is 25.3 Å². The van der Waals surface area contributed by atoms with Crippen molar-refractivity contribution in [3.05, 3.63) is 48.6 Å². The number of rotatable bonds is 10. The van der Waals surface area contributed by atoms with Crippen molar-refractivity contribution in [1.82, 2.24) is 5.32 Å². The largest absolute Gasteiger partial charge is 0.379 e. The molecule has 116 valence electrons. The molecule has 0 aliphatic heterocycles. The van der Waals surface area contributed by atoms with E-state index in [0.717, 1.165) is 12.8 Å². The average Bonchev–Trinajstić information content (AvgIpc) is 2.54. The Morgan fingerprint density at radius 2 is 2.00 bits per heavy atom. The lowest BCUT2D eigenvalue weighted by Gasteiger charge is -2.24. The second kappa shape index (κ2) is 10.2. The number of ether oxygens (including phenoxy) is 1. The van der Waals surface area contributed by atoms with E-state index in [9.17, 15) is 4.79 Å². The lowest BCUT2D eigenvalue weighted by atomic mass is 10.0. The summed E-state index contributed by atoms with van der Waals surface area (Å²) in [5.41, 5.74) is 0.658. The predicted molar refractivity (Wildman–Crippen MR) is 87.4 cm³/mol. The Bertz CT molecular complexity index is 416. The summed E-state index contributed by atoms with van der Waals surface area (Å²) in [6.45, 7) is 6.02. The zero-order chi connectivity index (χ0) is 15.5. The van der Waals surface area contributed by atoms with Gasteiger partial charge in [-0.3, -0.25) is 4.79 Å². The van der Waals surface area contributed by atoms with E-state index in [4.69, 9.17) is 4.74 Å². The van der Waals surface area contributed by atoms with Gasteiger partial charge in [-0.25, -0.2) is 0 Å². The van der Waals surface area contributed by atoms with Crippen LogP contribution in [0.5, 0.6) is 0 Å². The molecule has 1 N–H and O–H groups in total. The summed E-state index contributed by atoms with van der Waals surface area (Å²) in [6, 6.07) is 9.06. The lowest BCUT2D eigenvalue weighted by Crippen LogP contribution is -2.42. The fourth-order valence-corrected chi connectivity index (χ4v) is 2.34. The minimum absolute atomic E-state index is 0.0213. The highest BCUT2D eigenvalue weighted by Crippen LogP contribution is 2.12. The summed E-state index contributed by atoms with van der Waals surface area (Å²) in [5.74, 6) is -0.0869. The van der Waals surface area contributed by atoms with E-state index >= 15 is 0 Å². The molecule has 3 heteroatoms. The number of hydrogen-bond donors (Lipinski definition) is 1. The number of carbonyl (C=O) groups is 1. The molecule has 0 bridgehead atoms. The first-order valence-corrected chi connectivity index (χ1v) is 7.74. The van der Waals surface area contributed by atoms with Crippen LogP contribution >= 0.6 is 0 Å².